The Kier molecular flexibility index (Phi) is 6.52. The molecule has 1 N–H and O–H groups in total. The number of aryl methyl sites for hydroxylation is 1. The predicted octanol–water partition coefficient (Wildman–Crippen LogP) is 3.91. The highest BCUT2D eigenvalue weighted by Gasteiger charge is 2.30. The van der Waals surface area contributed by atoms with E-state index in [1.807, 2.05) is 31.2 Å². The van der Waals surface area contributed by atoms with E-state index in [2.05, 4.69) is 12.2 Å². The normalized spacial score (nSPS) is 16.5. The smallest absolute Gasteiger partial charge is 0.253 e. The van der Waals surface area contributed by atoms with Gasteiger partial charge in [-0.25, -0.2) is 8.42 Å². The number of hydrogen-bond donors (Lipinski definition) is 1. The lowest BCUT2D eigenvalue weighted by Gasteiger charge is -2.26. The summed E-state index contributed by atoms with van der Waals surface area (Å²) in [5.74, 6) is -0.372. The van der Waals surface area contributed by atoms with Crippen LogP contribution in [0.15, 0.2) is 53.4 Å². The molecule has 1 amide bonds. The van der Waals surface area contributed by atoms with Crippen LogP contribution in [0.1, 0.15) is 60.6 Å². The molecule has 2 aromatic carbocycles. The number of nitrogens with one attached hydrogen (secondary N) is 1. The molecule has 0 radical (unpaired) electrons. The van der Waals surface area contributed by atoms with Crippen LogP contribution in [0.25, 0.3) is 0 Å². The maximum Gasteiger partial charge on any atom is 0.253 e. The molecule has 0 spiro atoms. The zero-order valence-corrected chi connectivity index (χ0v) is 17.3. The van der Waals surface area contributed by atoms with E-state index in [4.69, 9.17) is 0 Å². The summed E-state index contributed by atoms with van der Waals surface area (Å²) in [6, 6.07) is 14.4. The first-order valence-corrected chi connectivity index (χ1v) is 11.4. The van der Waals surface area contributed by atoms with Gasteiger partial charge in [0, 0.05) is 13.1 Å². The highest BCUT2D eigenvalue weighted by Crippen LogP contribution is 2.24. The van der Waals surface area contributed by atoms with E-state index in [0.717, 1.165) is 31.2 Å². The number of sulfonamides is 1. The van der Waals surface area contributed by atoms with Crippen LogP contribution in [0.4, 0.5) is 0 Å². The first-order valence-electron chi connectivity index (χ1n) is 9.92. The molecule has 0 aromatic heterocycles. The maximum atomic E-state index is 13.1. The van der Waals surface area contributed by atoms with Gasteiger partial charge in [0.05, 0.1) is 16.5 Å². The summed E-state index contributed by atoms with van der Waals surface area (Å²) in [5, 5.41) is 2.94. The molecular weight excluding hydrogens is 372 g/mol. The molecule has 150 valence electrons. The Morgan fingerprint density at radius 3 is 2.32 bits per heavy atom. The van der Waals surface area contributed by atoms with Gasteiger partial charge < -0.3 is 5.32 Å². The SMILES string of the molecule is CCc1ccc(C(C)NC(=O)c2ccccc2S(=O)(=O)N2CCCCC2)cc1. The minimum atomic E-state index is -3.67. The Balaban J connectivity index is 1.82. The van der Waals surface area contributed by atoms with Crippen molar-refractivity contribution in [3.8, 4) is 0 Å². The van der Waals surface area contributed by atoms with Gasteiger partial charge in [-0.15, -0.1) is 0 Å². The van der Waals surface area contributed by atoms with Gasteiger partial charge in [0.15, 0.2) is 0 Å². The average Bonchev–Trinajstić information content (AvgIpc) is 2.74. The number of benzene rings is 2. The first kappa shape index (κ1) is 20.6. The lowest BCUT2D eigenvalue weighted by molar-refractivity contribution is 0.0936. The molecule has 1 aliphatic rings. The summed E-state index contributed by atoms with van der Waals surface area (Å²) in [4.78, 5) is 13.0. The number of carbonyl (C=O) groups excluding carboxylic acids is 1. The van der Waals surface area contributed by atoms with Crippen molar-refractivity contribution >= 4 is 15.9 Å². The second-order valence-corrected chi connectivity index (χ2v) is 9.16. The van der Waals surface area contributed by atoms with Crippen molar-refractivity contribution in [1.29, 1.82) is 0 Å². The molecule has 0 aliphatic carbocycles. The van der Waals surface area contributed by atoms with Crippen molar-refractivity contribution in [2.75, 3.05) is 13.1 Å². The van der Waals surface area contributed by atoms with Crippen molar-refractivity contribution in [2.24, 2.45) is 0 Å². The van der Waals surface area contributed by atoms with Gasteiger partial charge in [0.1, 0.15) is 0 Å². The van der Waals surface area contributed by atoms with Gasteiger partial charge in [-0.3, -0.25) is 4.79 Å². The molecule has 1 heterocycles. The van der Waals surface area contributed by atoms with Crippen molar-refractivity contribution in [2.45, 2.75) is 50.5 Å². The summed E-state index contributed by atoms with van der Waals surface area (Å²) < 4.78 is 27.7. The van der Waals surface area contributed by atoms with Crippen LogP contribution >= 0.6 is 0 Å². The summed E-state index contributed by atoms with van der Waals surface area (Å²) >= 11 is 0. The maximum absolute atomic E-state index is 13.1. The van der Waals surface area contributed by atoms with Crippen LogP contribution < -0.4 is 5.32 Å². The molecule has 1 atom stereocenters. The molecule has 28 heavy (non-hydrogen) atoms. The third-order valence-corrected chi connectivity index (χ3v) is 7.26. The summed E-state index contributed by atoms with van der Waals surface area (Å²) in [7, 11) is -3.67. The van der Waals surface area contributed by atoms with Gasteiger partial charge in [-0.05, 0) is 49.4 Å². The van der Waals surface area contributed by atoms with Crippen LogP contribution in [-0.4, -0.2) is 31.7 Å². The molecular formula is C22H28N2O3S. The lowest BCUT2D eigenvalue weighted by Crippen LogP contribution is -2.37. The quantitative estimate of drug-likeness (QED) is 0.799. The largest absolute Gasteiger partial charge is 0.345 e. The van der Waals surface area contributed by atoms with Gasteiger partial charge in [-0.1, -0.05) is 49.7 Å². The number of nitrogens with zero attached hydrogens (tertiary/aromatic N) is 1. The van der Waals surface area contributed by atoms with Crippen LogP contribution in [0.3, 0.4) is 0 Å². The molecule has 1 fully saturated rings. The summed E-state index contributed by atoms with van der Waals surface area (Å²) in [6.45, 7) is 5.03. The highest BCUT2D eigenvalue weighted by atomic mass is 32.2. The first-order chi connectivity index (χ1) is 13.4. The third kappa shape index (κ3) is 4.45. The molecule has 6 heteroatoms. The third-order valence-electron chi connectivity index (χ3n) is 5.30. The Hall–Kier alpha value is -2.18. The Morgan fingerprint density at radius 2 is 1.68 bits per heavy atom. The van der Waals surface area contributed by atoms with Crippen molar-refractivity contribution in [3.63, 3.8) is 0 Å². The monoisotopic (exact) mass is 400 g/mol. The fourth-order valence-corrected chi connectivity index (χ4v) is 5.23. The van der Waals surface area contributed by atoms with E-state index in [-0.39, 0.29) is 22.4 Å². The molecule has 1 saturated heterocycles. The zero-order chi connectivity index (χ0) is 20.1. The predicted molar refractivity (Wildman–Crippen MR) is 111 cm³/mol. The number of hydrogen-bond acceptors (Lipinski definition) is 3. The molecule has 1 aliphatic heterocycles. The van der Waals surface area contributed by atoms with Crippen LogP contribution in [0, 0.1) is 0 Å². The highest BCUT2D eigenvalue weighted by molar-refractivity contribution is 7.89. The van der Waals surface area contributed by atoms with E-state index >= 15 is 0 Å². The molecule has 0 bridgehead atoms. The van der Waals surface area contributed by atoms with Gasteiger partial charge in [0.25, 0.3) is 5.91 Å². The van der Waals surface area contributed by atoms with Crippen LogP contribution in [0.5, 0.6) is 0 Å². The summed E-state index contributed by atoms with van der Waals surface area (Å²) in [6.07, 6.45) is 3.72. The number of amides is 1. The lowest BCUT2D eigenvalue weighted by atomic mass is 10.0. The van der Waals surface area contributed by atoms with Crippen molar-refractivity contribution < 1.29 is 13.2 Å². The number of rotatable bonds is 6. The zero-order valence-electron chi connectivity index (χ0n) is 16.5. The Bertz CT molecular complexity index is 917. The number of carbonyl (C=O) groups is 1. The van der Waals surface area contributed by atoms with Crippen LogP contribution in [-0.2, 0) is 16.4 Å². The standard InChI is InChI=1S/C22H28N2O3S/c1-3-18-11-13-19(14-12-18)17(2)23-22(25)20-9-5-6-10-21(20)28(26,27)24-15-7-4-8-16-24/h5-6,9-14,17H,3-4,7-8,15-16H2,1-2H3,(H,23,25). The molecule has 3 rings (SSSR count). The Labute approximate surface area is 167 Å². The second kappa shape index (κ2) is 8.88. The molecule has 2 aromatic rings. The van der Waals surface area contributed by atoms with E-state index < -0.39 is 10.0 Å². The average molecular weight is 401 g/mol. The minimum absolute atomic E-state index is 0.0860. The second-order valence-electron chi connectivity index (χ2n) is 7.25. The van der Waals surface area contributed by atoms with Gasteiger partial charge in [-0.2, -0.15) is 4.31 Å². The van der Waals surface area contributed by atoms with Gasteiger partial charge >= 0.3 is 0 Å². The fraction of sp³-hybridized carbons (Fsp3) is 0.409. The van der Waals surface area contributed by atoms with E-state index in [1.54, 1.807) is 18.2 Å². The molecule has 0 saturated carbocycles. The van der Waals surface area contributed by atoms with Crippen molar-refractivity contribution in [3.05, 3.63) is 65.2 Å². The van der Waals surface area contributed by atoms with Crippen LogP contribution in [0.2, 0.25) is 0 Å². The topological polar surface area (TPSA) is 66.5 Å². The fourth-order valence-electron chi connectivity index (χ4n) is 3.52. The van der Waals surface area contributed by atoms with E-state index in [9.17, 15) is 13.2 Å². The van der Waals surface area contributed by atoms with E-state index in [0.29, 0.717) is 13.1 Å². The van der Waals surface area contributed by atoms with E-state index in [1.165, 1.54) is 15.9 Å². The summed E-state index contributed by atoms with van der Waals surface area (Å²) in [5.41, 5.74) is 2.42. The Morgan fingerprint density at radius 1 is 1.04 bits per heavy atom. The minimum Gasteiger partial charge on any atom is -0.345 e. The van der Waals surface area contributed by atoms with Crippen molar-refractivity contribution in [1.82, 2.24) is 9.62 Å². The van der Waals surface area contributed by atoms with Gasteiger partial charge in [0.2, 0.25) is 10.0 Å². The number of piperidine rings is 1. The molecule has 5 nitrogen and oxygen atoms in total. The molecule has 1 unspecified atom stereocenters.